The van der Waals surface area contributed by atoms with Gasteiger partial charge < -0.3 is 36.1 Å². The molecule has 7 rings (SSSR count). The van der Waals surface area contributed by atoms with Crippen molar-refractivity contribution in [3.05, 3.63) is 76.9 Å². The van der Waals surface area contributed by atoms with Gasteiger partial charge in [-0.15, -0.1) is 23.1 Å². The minimum atomic E-state index is -4.38. The summed E-state index contributed by atoms with van der Waals surface area (Å²) in [6, 6.07) is 19.3. The van der Waals surface area contributed by atoms with Crippen LogP contribution < -0.4 is 21.7 Å². The van der Waals surface area contributed by atoms with E-state index in [1.807, 2.05) is 68.6 Å². The Balaban J connectivity index is 0.872. The van der Waals surface area contributed by atoms with Crippen molar-refractivity contribution >= 4 is 67.2 Å². The predicted octanol–water partition coefficient (Wildman–Crippen LogP) is 8.36. The second kappa shape index (κ2) is 18.0. The molecule has 2 aliphatic heterocycles. The Morgan fingerprint density at radius 3 is 2.39 bits per heavy atom. The minimum Gasteiger partial charge on any atom is -0.397 e. The maximum Gasteiger partial charge on any atom is 0.406 e. The number of thioether (sulfide) groups is 1. The number of aromatic nitrogens is 2. The highest BCUT2D eigenvalue weighted by Gasteiger charge is 2.31. The van der Waals surface area contributed by atoms with Crippen LogP contribution in [0.3, 0.4) is 0 Å². The normalized spacial score (nSPS) is 16.7. The van der Waals surface area contributed by atoms with E-state index in [0.29, 0.717) is 17.8 Å². The Bertz CT molecular complexity index is 2230. The number of fused-ring (bicyclic) bond motifs is 2. The van der Waals surface area contributed by atoms with E-state index in [1.165, 1.54) is 4.57 Å². The second-order valence-corrected chi connectivity index (χ2v) is 17.2. The van der Waals surface area contributed by atoms with Crippen molar-refractivity contribution in [3.8, 4) is 11.8 Å². The summed E-state index contributed by atoms with van der Waals surface area (Å²) in [7, 11) is 0. The van der Waals surface area contributed by atoms with E-state index in [2.05, 4.69) is 37.6 Å². The van der Waals surface area contributed by atoms with Gasteiger partial charge in [0.25, 0.3) is 0 Å². The van der Waals surface area contributed by atoms with Crippen LogP contribution in [0, 0.1) is 24.7 Å². The molecule has 0 radical (unpaired) electrons. The number of nitrogens with two attached hydrogens (primary N) is 1. The van der Waals surface area contributed by atoms with E-state index < -0.39 is 12.7 Å². The number of pyridine rings is 1. The fourth-order valence-corrected chi connectivity index (χ4v) is 9.21. The van der Waals surface area contributed by atoms with Crippen molar-refractivity contribution in [3.63, 3.8) is 0 Å². The maximum absolute atomic E-state index is 13.8. The van der Waals surface area contributed by atoms with Crippen LogP contribution in [0.4, 0.5) is 30.2 Å². The highest BCUT2D eigenvalue weighted by Crippen LogP contribution is 2.33. The van der Waals surface area contributed by atoms with Crippen LogP contribution in [-0.4, -0.2) is 89.5 Å². The molecule has 0 aliphatic carbocycles. The number of piperidine rings is 2. The number of rotatable bonds is 12. The first kappa shape index (κ1) is 40.8. The first-order valence-corrected chi connectivity index (χ1v) is 21.7. The molecule has 1 amide bonds. The first-order valence-electron chi connectivity index (χ1n) is 19.7. The fraction of sp³-hybridized carbons (Fsp3) is 0.442. The van der Waals surface area contributed by atoms with Crippen LogP contribution in [0.15, 0.2) is 65.6 Å². The number of benzene rings is 2. The summed E-state index contributed by atoms with van der Waals surface area (Å²) in [6.07, 6.45) is 1.20. The van der Waals surface area contributed by atoms with Gasteiger partial charge in [-0.3, -0.25) is 4.79 Å². The molecule has 3 aromatic heterocycles. The average molecular weight is 817 g/mol. The fourth-order valence-electron chi connectivity index (χ4n) is 7.85. The molecule has 14 heteroatoms. The van der Waals surface area contributed by atoms with E-state index in [-0.39, 0.29) is 23.9 Å². The largest absolute Gasteiger partial charge is 0.406 e. The van der Waals surface area contributed by atoms with Gasteiger partial charge in [0.15, 0.2) is 0 Å². The number of thiophene rings is 1. The topological polar surface area (TPSA) is 103 Å². The highest BCUT2D eigenvalue weighted by atomic mass is 32.2. The summed E-state index contributed by atoms with van der Waals surface area (Å²) in [5.41, 5.74) is 10.4. The lowest BCUT2D eigenvalue weighted by atomic mass is 9.95. The molecule has 5 heterocycles. The van der Waals surface area contributed by atoms with Gasteiger partial charge in [0, 0.05) is 70.1 Å². The molecule has 5 N–H and O–H groups in total. The minimum absolute atomic E-state index is 0.00272. The third-order valence-corrected chi connectivity index (χ3v) is 13.0. The number of nitrogen functional groups attached to an aromatic ring is 1. The number of nitrogens with zero attached hydrogens (tertiary/aromatic N) is 4. The van der Waals surface area contributed by atoms with E-state index in [4.69, 9.17) is 10.7 Å². The zero-order chi connectivity index (χ0) is 40.1. The van der Waals surface area contributed by atoms with Crippen molar-refractivity contribution in [1.82, 2.24) is 24.7 Å². The number of hydrogen-bond acceptors (Lipinski definition) is 9. The Labute approximate surface area is 340 Å². The highest BCUT2D eigenvalue weighted by molar-refractivity contribution is 7.98. The molecule has 2 saturated heterocycles. The van der Waals surface area contributed by atoms with Crippen LogP contribution >= 0.6 is 23.1 Å². The van der Waals surface area contributed by atoms with Crippen LogP contribution in [0.25, 0.3) is 21.1 Å². The summed E-state index contributed by atoms with van der Waals surface area (Å²) in [4.78, 5) is 26.0. The number of carbonyl (C=O) groups excluding carboxylic acids is 1. The molecule has 1 atom stereocenters. The molecule has 0 bridgehead atoms. The SMILES string of the molecule is CSc1ccc(NCC#Cc2cc3c(NC4CCN(CCN5CCC(C(=O)NC(C)c6ccc7c(N)c(C)sc7n6)CC5)CC4)cccc3n2CC(F)(F)F)cc1. The summed E-state index contributed by atoms with van der Waals surface area (Å²) in [6.45, 7) is 8.82. The van der Waals surface area contributed by atoms with Crippen molar-refractivity contribution in [1.29, 1.82) is 0 Å². The lowest BCUT2D eigenvalue weighted by Crippen LogP contribution is -2.45. The maximum atomic E-state index is 13.8. The van der Waals surface area contributed by atoms with Gasteiger partial charge in [-0.2, -0.15) is 13.2 Å². The van der Waals surface area contributed by atoms with Crippen LogP contribution in [0.1, 0.15) is 54.9 Å². The standard InChI is InChI=1S/C43H51F3N8OS2/c1-28(37-14-13-35-40(47)29(2)57-42(35)51-37)49-41(55)30-15-20-52(21-16-30)24-25-53-22-17-32(18-23-53)50-38-7-4-8-39-36(38)26-33(54(39)27-43(44,45)46)6-5-19-48-31-9-11-34(56-3)12-10-31/h4,7-14,26,28,30,32,48,50H,15-25,27,47H2,1-3H3,(H,49,55). The molecule has 2 aromatic carbocycles. The number of anilines is 3. The summed E-state index contributed by atoms with van der Waals surface area (Å²) < 4.78 is 42.5. The van der Waals surface area contributed by atoms with E-state index >= 15 is 0 Å². The zero-order valence-electron chi connectivity index (χ0n) is 32.7. The summed E-state index contributed by atoms with van der Waals surface area (Å²) >= 11 is 3.24. The third-order valence-electron chi connectivity index (χ3n) is 11.2. The quantitative estimate of drug-likeness (QED) is 0.0737. The molecule has 2 fully saturated rings. The van der Waals surface area contributed by atoms with E-state index in [1.54, 1.807) is 35.2 Å². The number of aryl methyl sites for hydroxylation is 1. The Kier molecular flexibility index (Phi) is 12.9. The number of amides is 1. The number of nitrogens with one attached hydrogen (secondary N) is 3. The third kappa shape index (κ3) is 10.2. The van der Waals surface area contributed by atoms with E-state index in [0.717, 1.165) is 113 Å². The molecule has 5 aromatic rings. The summed E-state index contributed by atoms with van der Waals surface area (Å²) in [5, 5.41) is 11.8. The van der Waals surface area contributed by atoms with Gasteiger partial charge >= 0.3 is 6.18 Å². The Morgan fingerprint density at radius 2 is 1.70 bits per heavy atom. The van der Waals surface area contributed by atoms with Crippen LogP contribution in [0.5, 0.6) is 0 Å². The van der Waals surface area contributed by atoms with E-state index in [9.17, 15) is 18.0 Å². The second-order valence-electron chi connectivity index (χ2n) is 15.1. The van der Waals surface area contributed by atoms with Gasteiger partial charge in [-0.1, -0.05) is 12.0 Å². The lowest BCUT2D eigenvalue weighted by Gasteiger charge is -2.36. The molecule has 57 heavy (non-hydrogen) atoms. The van der Waals surface area contributed by atoms with Crippen LogP contribution in [-0.2, 0) is 11.3 Å². The van der Waals surface area contributed by atoms with Crippen molar-refractivity contribution in [2.24, 2.45) is 5.92 Å². The number of hydrogen-bond donors (Lipinski definition) is 4. The van der Waals surface area contributed by atoms with Gasteiger partial charge in [0.1, 0.15) is 11.4 Å². The molecular weight excluding hydrogens is 766 g/mol. The molecule has 0 spiro atoms. The number of alkyl halides is 3. The van der Waals surface area contributed by atoms with Gasteiger partial charge in [-0.05, 0) is 119 Å². The lowest BCUT2D eigenvalue weighted by molar-refractivity contribution is -0.140. The van der Waals surface area contributed by atoms with Crippen molar-refractivity contribution in [2.45, 2.75) is 69.2 Å². The van der Waals surface area contributed by atoms with Crippen molar-refractivity contribution in [2.75, 3.05) is 68.4 Å². The van der Waals surface area contributed by atoms with Gasteiger partial charge in [0.05, 0.1) is 35.2 Å². The number of likely N-dealkylation sites (tertiary alicyclic amines) is 2. The number of carbonyl (C=O) groups is 1. The summed E-state index contributed by atoms with van der Waals surface area (Å²) in [5.74, 6) is 6.13. The Morgan fingerprint density at radius 1 is 1.00 bits per heavy atom. The first-order chi connectivity index (χ1) is 27.4. The molecule has 9 nitrogen and oxygen atoms in total. The predicted molar refractivity (Wildman–Crippen MR) is 229 cm³/mol. The smallest absolute Gasteiger partial charge is 0.397 e. The average Bonchev–Trinajstić information content (AvgIpc) is 3.70. The molecular formula is C43H51F3N8OS2. The molecule has 0 saturated carbocycles. The Hall–Kier alpha value is -4.42. The monoisotopic (exact) mass is 816 g/mol. The molecule has 1 unspecified atom stereocenters. The molecule has 302 valence electrons. The number of halogens is 3. The van der Waals surface area contributed by atoms with Gasteiger partial charge in [0.2, 0.25) is 5.91 Å². The van der Waals surface area contributed by atoms with Crippen molar-refractivity contribution < 1.29 is 18.0 Å². The van der Waals surface area contributed by atoms with Gasteiger partial charge in [-0.25, -0.2) is 4.98 Å². The zero-order valence-corrected chi connectivity index (χ0v) is 34.3. The molecule has 2 aliphatic rings. The van der Waals surface area contributed by atoms with Crippen LogP contribution in [0.2, 0.25) is 0 Å².